The fourth-order valence-corrected chi connectivity index (χ4v) is 2.37. The molecule has 9 heteroatoms. The van der Waals surface area contributed by atoms with Crippen LogP contribution in [0.3, 0.4) is 0 Å². The molecule has 0 radical (unpaired) electrons. The summed E-state index contributed by atoms with van der Waals surface area (Å²) in [5.74, 6) is 0. The van der Waals surface area contributed by atoms with Crippen molar-refractivity contribution >= 4 is 10.0 Å². The van der Waals surface area contributed by atoms with Crippen molar-refractivity contribution in [3.8, 4) is 0 Å². The van der Waals surface area contributed by atoms with E-state index in [0.29, 0.717) is 18.7 Å². The zero-order valence-corrected chi connectivity index (χ0v) is 10.9. The average molecular weight is 286 g/mol. The van der Waals surface area contributed by atoms with Crippen LogP contribution in [0.15, 0.2) is 34.1 Å². The first-order valence-corrected chi connectivity index (χ1v) is 7.12. The summed E-state index contributed by atoms with van der Waals surface area (Å²) < 4.78 is 32.4. The number of nitrogens with one attached hydrogen (secondary N) is 1. The maximum atomic E-state index is 11.9. The lowest BCUT2D eigenvalue weighted by atomic mass is 10.5. The minimum Gasteiger partial charge on any atom is -0.396 e. The van der Waals surface area contributed by atoms with Crippen LogP contribution < -0.4 is 4.72 Å². The summed E-state index contributed by atoms with van der Waals surface area (Å²) >= 11 is 0. The molecule has 2 heterocycles. The molecule has 2 rings (SSSR count). The van der Waals surface area contributed by atoms with Gasteiger partial charge in [0.25, 0.3) is 0 Å². The predicted molar refractivity (Wildman–Crippen MR) is 64.5 cm³/mol. The van der Waals surface area contributed by atoms with Crippen molar-refractivity contribution in [3.63, 3.8) is 0 Å². The Morgan fingerprint density at radius 2 is 2.32 bits per heavy atom. The van der Waals surface area contributed by atoms with Gasteiger partial charge in [0.05, 0.1) is 18.4 Å². The second-order valence-corrected chi connectivity index (χ2v) is 5.60. The summed E-state index contributed by atoms with van der Waals surface area (Å²) in [4.78, 5) is 0.0777. The van der Waals surface area contributed by atoms with Crippen molar-refractivity contribution in [1.82, 2.24) is 19.7 Å². The second-order valence-electron chi connectivity index (χ2n) is 3.83. The third kappa shape index (κ3) is 3.63. The van der Waals surface area contributed by atoms with E-state index >= 15 is 0 Å². The van der Waals surface area contributed by atoms with Crippen LogP contribution in [-0.2, 0) is 23.1 Å². The topological polar surface area (TPSA) is 110 Å². The fourth-order valence-electron chi connectivity index (χ4n) is 1.42. The monoisotopic (exact) mass is 286 g/mol. The molecule has 2 N–H and O–H groups in total. The maximum absolute atomic E-state index is 11.9. The van der Waals surface area contributed by atoms with Crippen LogP contribution in [0.2, 0.25) is 0 Å². The van der Waals surface area contributed by atoms with E-state index < -0.39 is 10.0 Å². The third-order valence-electron chi connectivity index (χ3n) is 2.40. The molecule has 0 saturated heterocycles. The minimum atomic E-state index is -3.62. The third-order valence-corrected chi connectivity index (χ3v) is 3.76. The Morgan fingerprint density at radius 3 is 3.00 bits per heavy atom. The van der Waals surface area contributed by atoms with Crippen LogP contribution in [-0.4, -0.2) is 35.1 Å². The van der Waals surface area contributed by atoms with Gasteiger partial charge < -0.3 is 9.63 Å². The van der Waals surface area contributed by atoms with Crippen LogP contribution in [0.4, 0.5) is 0 Å². The highest BCUT2D eigenvalue weighted by atomic mass is 32.2. The molecule has 0 aliphatic rings. The van der Waals surface area contributed by atoms with E-state index in [0.717, 1.165) is 0 Å². The van der Waals surface area contributed by atoms with Gasteiger partial charge in [-0.3, -0.25) is 4.68 Å². The Hall–Kier alpha value is -1.71. The molecule has 104 valence electrons. The van der Waals surface area contributed by atoms with E-state index in [1.165, 1.54) is 23.3 Å². The normalized spacial score (nSPS) is 11.8. The van der Waals surface area contributed by atoms with E-state index in [-0.39, 0.29) is 18.0 Å². The van der Waals surface area contributed by atoms with Gasteiger partial charge >= 0.3 is 0 Å². The zero-order valence-electron chi connectivity index (χ0n) is 10.1. The molecule has 19 heavy (non-hydrogen) atoms. The number of sulfonamides is 1. The van der Waals surface area contributed by atoms with Crippen molar-refractivity contribution in [1.29, 1.82) is 0 Å². The van der Waals surface area contributed by atoms with Crippen molar-refractivity contribution in [2.45, 2.75) is 24.4 Å². The molecular weight excluding hydrogens is 272 g/mol. The molecule has 0 amide bonds. The standard InChI is InChI=1S/C10H14N4O4S/c15-4-1-3-14-8-10(7-11-14)19(16,17)12-6-9-2-5-18-13-9/h2,5,7-8,12,15H,1,3-4,6H2. The number of aliphatic hydroxyl groups is 1. The summed E-state index contributed by atoms with van der Waals surface area (Å²) in [6.45, 7) is 0.558. The van der Waals surface area contributed by atoms with Crippen LogP contribution in [0.1, 0.15) is 12.1 Å². The van der Waals surface area contributed by atoms with Gasteiger partial charge in [0.1, 0.15) is 11.2 Å². The van der Waals surface area contributed by atoms with Crippen molar-refractivity contribution in [3.05, 3.63) is 30.4 Å². The summed E-state index contributed by atoms with van der Waals surface area (Å²) in [5.41, 5.74) is 0.497. The average Bonchev–Trinajstić information content (AvgIpc) is 3.05. The van der Waals surface area contributed by atoms with Gasteiger partial charge in [-0.25, -0.2) is 13.1 Å². The lowest BCUT2D eigenvalue weighted by molar-refractivity contribution is 0.277. The van der Waals surface area contributed by atoms with Crippen LogP contribution in [0.5, 0.6) is 0 Å². The molecule has 2 aromatic heterocycles. The van der Waals surface area contributed by atoms with Gasteiger partial charge in [0.2, 0.25) is 10.0 Å². The number of rotatable bonds is 7. The number of aliphatic hydroxyl groups excluding tert-OH is 1. The summed E-state index contributed by atoms with van der Waals surface area (Å²) in [5, 5.41) is 16.2. The van der Waals surface area contributed by atoms with Crippen molar-refractivity contribution < 1.29 is 18.0 Å². The molecular formula is C10H14N4O4S. The first-order valence-electron chi connectivity index (χ1n) is 5.64. The lowest BCUT2D eigenvalue weighted by Crippen LogP contribution is -2.23. The largest absolute Gasteiger partial charge is 0.396 e. The number of aromatic nitrogens is 3. The number of hydrogen-bond donors (Lipinski definition) is 2. The maximum Gasteiger partial charge on any atom is 0.244 e. The highest BCUT2D eigenvalue weighted by molar-refractivity contribution is 7.89. The number of hydrogen-bond acceptors (Lipinski definition) is 6. The molecule has 2 aromatic rings. The van der Waals surface area contributed by atoms with E-state index in [9.17, 15) is 8.42 Å². The van der Waals surface area contributed by atoms with Crippen LogP contribution in [0, 0.1) is 0 Å². The lowest BCUT2D eigenvalue weighted by Gasteiger charge is -2.01. The molecule has 0 bridgehead atoms. The highest BCUT2D eigenvalue weighted by Gasteiger charge is 2.16. The van der Waals surface area contributed by atoms with E-state index in [1.54, 1.807) is 6.07 Å². The fraction of sp³-hybridized carbons (Fsp3) is 0.400. The predicted octanol–water partition coefficient (Wildman–Crippen LogP) is -0.268. The summed E-state index contributed by atoms with van der Waals surface area (Å²) in [6.07, 6.45) is 4.58. The van der Waals surface area contributed by atoms with E-state index in [4.69, 9.17) is 5.11 Å². The molecule has 0 aliphatic heterocycles. The SMILES string of the molecule is O=S(=O)(NCc1ccon1)c1cnn(CCCO)c1. The van der Waals surface area contributed by atoms with E-state index in [1.807, 2.05) is 0 Å². The molecule has 8 nitrogen and oxygen atoms in total. The Balaban J connectivity index is 2.00. The van der Waals surface area contributed by atoms with Gasteiger partial charge in [-0.05, 0) is 6.42 Å². The van der Waals surface area contributed by atoms with Gasteiger partial charge in [-0.2, -0.15) is 5.10 Å². The highest BCUT2D eigenvalue weighted by Crippen LogP contribution is 2.08. The van der Waals surface area contributed by atoms with E-state index in [2.05, 4.69) is 19.5 Å². The van der Waals surface area contributed by atoms with Crippen molar-refractivity contribution in [2.24, 2.45) is 0 Å². The summed E-state index contributed by atoms with van der Waals surface area (Å²) in [7, 11) is -3.62. The quantitative estimate of drug-likeness (QED) is 0.725. The number of nitrogens with zero attached hydrogens (tertiary/aromatic N) is 3. The van der Waals surface area contributed by atoms with Crippen molar-refractivity contribution in [2.75, 3.05) is 6.61 Å². The smallest absolute Gasteiger partial charge is 0.244 e. The Labute approximate surface area is 110 Å². The molecule has 0 saturated carbocycles. The first kappa shape index (κ1) is 13.7. The Bertz CT molecular complexity index is 605. The first-order chi connectivity index (χ1) is 9.12. The molecule has 0 atom stereocenters. The Morgan fingerprint density at radius 1 is 1.47 bits per heavy atom. The molecule has 0 spiro atoms. The second kappa shape index (κ2) is 5.95. The number of aryl methyl sites for hydroxylation is 1. The molecule has 0 aromatic carbocycles. The molecule has 0 aliphatic carbocycles. The molecule has 0 unspecified atom stereocenters. The van der Waals surface area contributed by atoms with Gasteiger partial charge in [0.15, 0.2) is 0 Å². The van der Waals surface area contributed by atoms with Crippen LogP contribution >= 0.6 is 0 Å². The zero-order chi connectivity index (χ0) is 13.7. The summed E-state index contributed by atoms with van der Waals surface area (Å²) in [6, 6.07) is 1.58. The van der Waals surface area contributed by atoms with Gasteiger partial charge in [-0.1, -0.05) is 5.16 Å². The molecule has 0 fully saturated rings. The Kier molecular flexibility index (Phi) is 4.30. The van der Waals surface area contributed by atoms with Crippen LogP contribution in [0.25, 0.3) is 0 Å². The van der Waals surface area contributed by atoms with Gasteiger partial charge in [0, 0.05) is 25.4 Å². The minimum absolute atomic E-state index is 0.0341. The van der Waals surface area contributed by atoms with Gasteiger partial charge in [-0.15, -0.1) is 0 Å².